The Morgan fingerprint density at radius 2 is 2.33 bits per heavy atom. The molecule has 1 fully saturated rings. The second-order valence-corrected chi connectivity index (χ2v) is 4.30. The van der Waals surface area contributed by atoms with Crippen LogP contribution in [-0.4, -0.2) is 24.8 Å². The molecule has 1 N–H and O–H groups in total. The monoisotopic (exact) mass is 209 g/mol. The van der Waals surface area contributed by atoms with E-state index in [0.717, 1.165) is 25.9 Å². The van der Waals surface area contributed by atoms with Crippen molar-refractivity contribution < 1.29 is 4.74 Å². The van der Waals surface area contributed by atoms with Crippen LogP contribution < -0.4 is 5.32 Å². The van der Waals surface area contributed by atoms with Crippen LogP contribution in [0.15, 0.2) is 0 Å². The summed E-state index contributed by atoms with van der Waals surface area (Å²) < 4.78 is 5.71. The maximum Gasteiger partial charge on any atom is 0.0686 e. The smallest absolute Gasteiger partial charge is 0.0686 e. The van der Waals surface area contributed by atoms with Crippen molar-refractivity contribution in [1.29, 1.82) is 0 Å². The highest BCUT2D eigenvalue weighted by atomic mass is 16.5. The maximum atomic E-state index is 5.71. The zero-order valence-electron chi connectivity index (χ0n) is 9.96. The zero-order valence-corrected chi connectivity index (χ0v) is 9.96. The quantitative estimate of drug-likeness (QED) is 0.702. The first kappa shape index (κ1) is 12.5. The van der Waals surface area contributed by atoms with Crippen molar-refractivity contribution >= 4 is 0 Å². The molecule has 0 radical (unpaired) electrons. The number of hydrogen-bond acceptors (Lipinski definition) is 2. The Hall–Kier alpha value is -0.520. The van der Waals surface area contributed by atoms with E-state index < -0.39 is 0 Å². The lowest BCUT2D eigenvalue weighted by Gasteiger charge is -2.31. The van der Waals surface area contributed by atoms with E-state index in [4.69, 9.17) is 11.2 Å². The lowest BCUT2D eigenvalue weighted by Crippen LogP contribution is -2.43. The van der Waals surface area contributed by atoms with Crippen molar-refractivity contribution in [3.63, 3.8) is 0 Å². The number of terminal acetylenes is 1. The normalized spacial score (nSPS) is 28.3. The molecule has 1 rings (SSSR count). The molecule has 86 valence electrons. The molecule has 1 saturated heterocycles. The van der Waals surface area contributed by atoms with Crippen molar-refractivity contribution in [3.05, 3.63) is 0 Å². The molecular weight excluding hydrogens is 186 g/mol. The largest absolute Gasteiger partial charge is 0.378 e. The number of ether oxygens (including phenoxy) is 1. The van der Waals surface area contributed by atoms with E-state index in [-0.39, 0.29) is 6.04 Å². The van der Waals surface area contributed by atoms with Gasteiger partial charge in [0.2, 0.25) is 0 Å². The number of nitrogens with one attached hydrogen (secondary N) is 1. The van der Waals surface area contributed by atoms with Crippen molar-refractivity contribution in [2.75, 3.05) is 6.61 Å². The molecule has 2 nitrogen and oxygen atoms in total. The van der Waals surface area contributed by atoms with Gasteiger partial charge in [-0.1, -0.05) is 26.2 Å². The number of rotatable bonds is 5. The van der Waals surface area contributed by atoms with Crippen molar-refractivity contribution in [1.82, 2.24) is 5.32 Å². The van der Waals surface area contributed by atoms with Gasteiger partial charge in [0.25, 0.3) is 0 Å². The van der Waals surface area contributed by atoms with E-state index in [9.17, 15) is 0 Å². The molecule has 0 aromatic rings. The summed E-state index contributed by atoms with van der Waals surface area (Å²) >= 11 is 0. The van der Waals surface area contributed by atoms with Crippen LogP contribution in [0.3, 0.4) is 0 Å². The van der Waals surface area contributed by atoms with Crippen LogP contribution in [0.1, 0.15) is 46.0 Å². The first-order valence-corrected chi connectivity index (χ1v) is 6.13. The third-order valence-electron chi connectivity index (χ3n) is 3.02. The summed E-state index contributed by atoms with van der Waals surface area (Å²) in [7, 11) is 0. The highest BCUT2D eigenvalue weighted by Crippen LogP contribution is 2.18. The Morgan fingerprint density at radius 3 is 2.93 bits per heavy atom. The summed E-state index contributed by atoms with van der Waals surface area (Å²) in [5.74, 6) is 2.79. The highest BCUT2D eigenvalue weighted by molar-refractivity contribution is 4.99. The van der Waals surface area contributed by atoms with Gasteiger partial charge in [-0.3, -0.25) is 0 Å². The van der Waals surface area contributed by atoms with E-state index in [0.29, 0.717) is 12.1 Å². The van der Waals surface area contributed by atoms with Crippen LogP contribution in [-0.2, 0) is 4.74 Å². The average Bonchev–Trinajstić information content (AvgIpc) is 2.27. The standard InChI is InChI=1S/C13H23NO/c1-4-7-13-10-12(8-9-15-13)14-11(5-2)6-3/h2,11-14H,4,6-10H2,1,3H3. The summed E-state index contributed by atoms with van der Waals surface area (Å²) in [5.41, 5.74) is 0. The molecule has 0 aromatic carbocycles. The van der Waals surface area contributed by atoms with Gasteiger partial charge in [-0.05, 0) is 25.7 Å². The molecular formula is C13H23NO. The molecule has 0 saturated carbocycles. The summed E-state index contributed by atoms with van der Waals surface area (Å²) in [6.45, 7) is 5.21. The summed E-state index contributed by atoms with van der Waals surface area (Å²) in [4.78, 5) is 0. The second-order valence-electron chi connectivity index (χ2n) is 4.30. The van der Waals surface area contributed by atoms with Crippen LogP contribution >= 0.6 is 0 Å². The van der Waals surface area contributed by atoms with Gasteiger partial charge < -0.3 is 10.1 Å². The topological polar surface area (TPSA) is 21.3 Å². The predicted molar refractivity (Wildman–Crippen MR) is 63.7 cm³/mol. The molecule has 0 aromatic heterocycles. The van der Waals surface area contributed by atoms with Crippen molar-refractivity contribution in [2.24, 2.45) is 0 Å². The van der Waals surface area contributed by atoms with Crippen LogP contribution in [0.5, 0.6) is 0 Å². The van der Waals surface area contributed by atoms with E-state index >= 15 is 0 Å². The lowest BCUT2D eigenvalue weighted by atomic mass is 9.99. The van der Waals surface area contributed by atoms with Crippen molar-refractivity contribution in [2.45, 2.75) is 64.1 Å². The fourth-order valence-corrected chi connectivity index (χ4v) is 2.12. The Kier molecular flexibility index (Phi) is 5.75. The summed E-state index contributed by atoms with van der Waals surface area (Å²) in [6.07, 6.45) is 11.5. The van der Waals surface area contributed by atoms with Gasteiger partial charge in [-0.15, -0.1) is 6.42 Å². The predicted octanol–water partition coefficient (Wildman–Crippen LogP) is 2.34. The highest BCUT2D eigenvalue weighted by Gasteiger charge is 2.22. The van der Waals surface area contributed by atoms with Gasteiger partial charge in [0, 0.05) is 12.6 Å². The van der Waals surface area contributed by atoms with E-state index in [2.05, 4.69) is 25.1 Å². The Bertz CT molecular complexity index is 207. The minimum atomic E-state index is 0.232. The molecule has 2 heteroatoms. The first-order chi connectivity index (χ1) is 7.30. The fourth-order valence-electron chi connectivity index (χ4n) is 2.12. The second kappa shape index (κ2) is 6.87. The molecule has 0 aliphatic carbocycles. The molecule has 0 bridgehead atoms. The van der Waals surface area contributed by atoms with E-state index in [1.165, 1.54) is 12.8 Å². The molecule has 3 atom stereocenters. The molecule has 15 heavy (non-hydrogen) atoms. The zero-order chi connectivity index (χ0) is 11.1. The van der Waals surface area contributed by atoms with E-state index in [1.54, 1.807) is 0 Å². The first-order valence-electron chi connectivity index (χ1n) is 6.13. The summed E-state index contributed by atoms with van der Waals surface area (Å²) in [6, 6.07) is 0.784. The Balaban J connectivity index is 2.32. The third-order valence-corrected chi connectivity index (χ3v) is 3.02. The van der Waals surface area contributed by atoms with Gasteiger partial charge in [-0.25, -0.2) is 0 Å². The molecule has 0 amide bonds. The summed E-state index contributed by atoms with van der Waals surface area (Å²) in [5, 5.41) is 3.53. The van der Waals surface area contributed by atoms with Crippen LogP contribution in [0, 0.1) is 12.3 Å². The average molecular weight is 209 g/mol. The van der Waals surface area contributed by atoms with Crippen LogP contribution in [0.4, 0.5) is 0 Å². The van der Waals surface area contributed by atoms with Crippen LogP contribution in [0.25, 0.3) is 0 Å². The maximum absolute atomic E-state index is 5.71. The van der Waals surface area contributed by atoms with Gasteiger partial charge in [0.15, 0.2) is 0 Å². The van der Waals surface area contributed by atoms with E-state index in [1.807, 2.05) is 0 Å². The Labute approximate surface area is 93.8 Å². The molecule has 1 heterocycles. The molecule has 3 unspecified atom stereocenters. The molecule has 1 aliphatic heterocycles. The number of hydrogen-bond donors (Lipinski definition) is 1. The van der Waals surface area contributed by atoms with Crippen LogP contribution in [0.2, 0.25) is 0 Å². The Morgan fingerprint density at radius 1 is 1.53 bits per heavy atom. The van der Waals surface area contributed by atoms with Gasteiger partial charge in [0.1, 0.15) is 0 Å². The SMILES string of the molecule is C#CC(CC)NC1CCOC(CCC)C1. The minimum absolute atomic E-state index is 0.232. The van der Waals surface area contributed by atoms with Crippen molar-refractivity contribution in [3.8, 4) is 12.3 Å². The lowest BCUT2D eigenvalue weighted by molar-refractivity contribution is -0.00407. The van der Waals surface area contributed by atoms with Gasteiger partial charge in [0.05, 0.1) is 12.1 Å². The van der Waals surface area contributed by atoms with Gasteiger partial charge in [-0.2, -0.15) is 0 Å². The third kappa shape index (κ3) is 4.24. The van der Waals surface area contributed by atoms with Gasteiger partial charge >= 0.3 is 0 Å². The minimum Gasteiger partial charge on any atom is -0.378 e. The fraction of sp³-hybridized carbons (Fsp3) is 0.846. The molecule has 1 aliphatic rings. The molecule has 0 spiro atoms.